The molecule has 0 aliphatic heterocycles. The van der Waals surface area contributed by atoms with Crippen LogP contribution in [0.3, 0.4) is 0 Å². The molecule has 0 amide bonds. The molecule has 0 bridgehead atoms. The molecule has 6 rings (SSSR count). The summed E-state index contributed by atoms with van der Waals surface area (Å²) >= 11 is 0. The molecule has 0 saturated heterocycles. The Morgan fingerprint density at radius 3 is 2.41 bits per heavy atom. The monoisotopic (exact) mass is 571 g/mol. The van der Waals surface area contributed by atoms with Crippen molar-refractivity contribution in [2.24, 2.45) is 0 Å². The number of allylic oxidation sites excluding steroid dienone is 6. The fourth-order valence-electron chi connectivity index (χ4n) is 5.79. The molecule has 3 heteroatoms. The molecular formula is C41H37N3. The van der Waals surface area contributed by atoms with Crippen LogP contribution in [0.1, 0.15) is 47.9 Å². The number of hydrogen-bond donors (Lipinski definition) is 0. The van der Waals surface area contributed by atoms with Gasteiger partial charge in [0.2, 0.25) is 0 Å². The van der Waals surface area contributed by atoms with Gasteiger partial charge in [0.1, 0.15) is 0 Å². The Kier molecular flexibility index (Phi) is 8.84. The Morgan fingerprint density at radius 2 is 1.64 bits per heavy atom. The molecule has 1 unspecified atom stereocenters. The van der Waals surface area contributed by atoms with Crippen molar-refractivity contribution in [3.05, 3.63) is 157 Å². The van der Waals surface area contributed by atoms with Crippen LogP contribution in [-0.2, 0) is 6.42 Å². The second-order valence-electron chi connectivity index (χ2n) is 11.3. The van der Waals surface area contributed by atoms with E-state index in [1.165, 1.54) is 16.7 Å². The third-order valence-corrected chi connectivity index (χ3v) is 8.18. The minimum Gasteiger partial charge on any atom is -0.264 e. The molecule has 1 atom stereocenters. The number of benzene rings is 3. The maximum atomic E-state index is 5.18. The topological polar surface area (TPSA) is 38.7 Å². The van der Waals surface area contributed by atoms with Crippen LogP contribution >= 0.6 is 0 Å². The first-order valence-electron chi connectivity index (χ1n) is 15.4. The molecule has 1 aliphatic carbocycles. The highest BCUT2D eigenvalue weighted by Gasteiger charge is 2.15. The summed E-state index contributed by atoms with van der Waals surface area (Å²) in [4.78, 5) is 14.8. The molecular weight excluding hydrogens is 534 g/mol. The van der Waals surface area contributed by atoms with Gasteiger partial charge in [0.05, 0.1) is 11.4 Å². The lowest BCUT2D eigenvalue weighted by Crippen LogP contribution is -1.99. The Balaban J connectivity index is 1.49. The number of hydrogen-bond acceptors (Lipinski definition) is 3. The number of aryl methyl sites for hydroxylation is 2. The van der Waals surface area contributed by atoms with E-state index >= 15 is 0 Å². The average Bonchev–Trinajstić information content (AvgIpc) is 3.09. The van der Waals surface area contributed by atoms with Crippen molar-refractivity contribution in [3.63, 3.8) is 0 Å². The third kappa shape index (κ3) is 6.43. The minimum absolute atomic E-state index is 0.370. The molecule has 0 fully saturated rings. The lowest BCUT2D eigenvalue weighted by Gasteiger charge is -2.16. The zero-order chi connectivity index (χ0) is 30.3. The summed E-state index contributed by atoms with van der Waals surface area (Å²) in [5, 5.41) is 0. The normalized spacial score (nSPS) is 14.3. The first-order chi connectivity index (χ1) is 21.6. The molecule has 2 heterocycles. The third-order valence-electron chi connectivity index (χ3n) is 8.18. The highest BCUT2D eigenvalue weighted by atomic mass is 14.9. The van der Waals surface area contributed by atoms with Crippen LogP contribution in [0.25, 0.3) is 51.1 Å². The van der Waals surface area contributed by atoms with Crippen molar-refractivity contribution in [1.29, 1.82) is 0 Å². The molecule has 216 valence electrons. The van der Waals surface area contributed by atoms with Crippen molar-refractivity contribution in [2.75, 3.05) is 0 Å². The van der Waals surface area contributed by atoms with Gasteiger partial charge in [0.25, 0.3) is 0 Å². The quantitative estimate of drug-likeness (QED) is 0.165. The van der Waals surface area contributed by atoms with E-state index in [9.17, 15) is 0 Å². The molecule has 0 spiro atoms. The second-order valence-corrected chi connectivity index (χ2v) is 11.3. The van der Waals surface area contributed by atoms with E-state index < -0.39 is 0 Å². The van der Waals surface area contributed by atoms with Crippen molar-refractivity contribution in [1.82, 2.24) is 15.0 Å². The smallest absolute Gasteiger partial charge is 0.160 e. The van der Waals surface area contributed by atoms with Crippen molar-refractivity contribution in [3.8, 4) is 45.0 Å². The maximum absolute atomic E-state index is 5.18. The van der Waals surface area contributed by atoms with E-state index in [1.54, 1.807) is 6.08 Å². The zero-order valence-corrected chi connectivity index (χ0v) is 25.4. The van der Waals surface area contributed by atoms with Crippen LogP contribution in [-0.4, -0.2) is 15.0 Å². The molecule has 5 aromatic rings. The van der Waals surface area contributed by atoms with Crippen LogP contribution in [0.4, 0.5) is 0 Å². The SMILES string of the molecule is C=C/C=C\c1ccncc1-c1cccc(-c2cc(-c3cccc(C4C=CC=CC4)c3)nc(-c3ccc(C)c(CCC)c3)n2)c1. The van der Waals surface area contributed by atoms with Crippen molar-refractivity contribution in [2.45, 2.75) is 39.0 Å². The molecule has 0 N–H and O–H groups in total. The fraction of sp³-hybridized carbons (Fsp3) is 0.146. The van der Waals surface area contributed by atoms with Gasteiger partial charge in [-0.3, -0.25) is 4.98 Å². The standard InChI is InChI=1S/C41H37N3/c1-4-6-13-31-22-23-42-28-38(31)34-17-11-19-36(26-34)40-27-39(35-18-10-16-33(25-35)30-14-8-7-9-15-30)43-41(44-40)37-21-20-29(3)32(24-37)12-5-2/h4,6-11,13-14,16-28,30H,1,5,12,15H2,2-3H3/b13-6-. The summed E-state index contributed by atoms with van der Waals surface area (Å²) in [6, 6.07) is 28.1. The lowest BCUT2D eigenvalue weighted by atomic mass is 9.91. The van der Waals surface area contributed by atoms with Gasteiger partial charge in [-0.25, -0.2) is 9.97 Å². The molecule has 0 radical (unpaired) electrons. The molecule has 2 aromatic heterocycles. The van der Waals surface area contributed by atoms with E-state index in [2.05, 4.69) is 129 Å². The first-order valence-corrected chi connectivity index (χ1v) is 15.4. The number of rotatable bonds is 9. The van der Waals surface area contributed by atoms with E-state index in [0.717, 1.165) is 69.9 Å². The second kappa shape index (κ2) is 13.4. The summed E-state index contributed by atoms with van der Waals surface area (Å²) in [5.74, 6) is 1.11. The summed E-state index contributed by atoms with van der Waals surface area (Å²) in [6.07, 6.45) is 21.5. The van der Waals surface area contributed by atoms with Crippen LogP contribution < -0.4 is 0 Å². The van der Waals surface area contributed by atoms with Crippen LogP contribution in [0, 0.1) is 6.92 Å². The van der Waals surface area contributed by atoms with Gasteiger partial charge in [-0.05, 0) is 77.9 Å². The van der Waals surface area contributed by atoms with Gasteiger partial charge in [-0.2, -0.15) is 0 Å². The summed E-state index contributed by atoms with van der Waals surface area (Å²) < 4.78 is 0. The van der Waals surface area contributed by atoms with Crippen molar-refractivity contribution >= 4 is 6.08 Å². The van der Waals surface area contributed by atoms with Gasteiger partial charge in [0, 0.05) is 40.6 Å². The van der Waals surface area contributed by atoms with E-state index in [0.29, 0.717) is 5.92 Å². The number of pyridine rings is 1. The zero-order valence-electron chi connectivity index (χ0n) is 25.4. The van der Waals surface area contributed by atoms with Gasteiger partial charge >= 0.3 is 0 Å². The predicted octanol–water partition coefficient (Wildman–Crippen LogP) is 10.6. The summed E-state index contributed by atoms with van der Waals surface area (Å²) in [6.45, 7) is 8.23. The van der Waals surface area contributed by atoms with Gasteiger partial charge < -0.3 is 0 Å². The summed E-state index contributed by atoms with van der Waals surface area (Å²) in [7, 11) is 0. The largest absolute Gasteiger partial charge is 0.264 e. The Hall–Kier alpha value is -5.15. The Bertz CT molecular complexity index is 1890. The van der Waals surface area contributed by atoms with Crippen LogP contribution in [0.5, 0.6) is 0 Å². The average molecular weight is 572 g/mol. The van der Waals surface area contributed by atoms with E-state index in [-0.39, 0.29) is 0 Å². The lowest BCUT2D eigenvalue weighted by molar-refractivity contribution is 0.854. The van der Waals surface area contributed by atoms with Crippen LogP contribution in [0.2, 0.25) is 0 Å². The van der Waals surface area contributed by atoms with Gasteiger partial charge in [0.15, 0.2) is 5.82 Å². The molecule has 1 aliphatic rings. The number of aromatic nitrogens is 3. The van der Waals surface area contributed by atoms with Crippen LogP contribution in [0.15, 0.2) is 134 Å². The first kappa shape index (κ1) is 28.9. The highest BCUT2D eigenvalue weighted by molar-refractivity contribution is 5.79. The Labute approximate surface area is 261 Å². The van der Waals surface area contributed by atoms with Crippen molar-refractivity contribution < 1.29 is 0 Å². The molecule has 3 nitrogen and oxygen atoms in total. The molecule has 0 saturated carbocycles. The van der Waals surface area contributed by atoms with E-state index in [4.69, 9.17) is 9.97 Å². The predicted molar refractivity (Wildman–Crippen MR) is 185 cm³/mol. The number of nitrogens with zero attached hydrogens (tertiary/aromatic N) is 3. The van der Waals surface area contributed by atoms with Gasteiger partial charge in [-0.15, -0.1) is 0 Å². The molecule has 3 aromatic carbocycles. The van der Waals surface area contributed by atoms with E-state index in [1.807, 2.05) is 24.5 Å². The highest BCUT2D eigenvalue weighted by Crippen LogP contribution is 2.33. The summed E-state index contributed by atoms with van der Waals surface area (Å²) in [5.41, 5.74) is 12.2. The Morgan fingerprint density at radius 1 is 0.841 bits per heavy atom. The van der Waals surface area contributed by atoms with Gasteiger partial charge in [-0.1, -0.05) is 111 Å². The minimum atomic E-state index is 0.370. The maximum Gasteiger partial charge on any atom is 0.160 e. The molecule has 44 heavy (non-hydrogen) atoms. The fourth-order valence-corrected chi connectivity index (χ4v) is 5.79.